The van der Waals surface area contributed by atoms with Crippen molar-refractivity contribution >= 4 is 32.4 Å². The van der Waals surface area contributed by atoms with Gasteiger partial charge in [0.25, 0.3) is 0 Å². The number of hydrogen-bond acceptors (Lipinski definition) is 4. The fourth-order valence-electron chi connectivity index (χ4n) is 1.56. The van der Waals surface area contributed by atoms with Crippen molar-refractivity contribution in [2.24, 2.45) is 0 Å². The summed E-state index contributed by atoms with van der Waals surface area (Å²) in [5, 5.41) is 12.9. The van der Waals surface area contributed by atoms with E-state index in [4.69, 9.17) is 0 Å². The van der Waals surface area contributed by atoms with Crippen LogP contribution in [0.25, 0.3) is 0 Å². The van der Waals surface area contributed by atoms with E-state index in [2.05, 4.69) is 31.4 Å². The molecule has 0 bridgehead atoms. The maximum absolute atomic E-state index is 13.7. The molecule has 0 aliphatic carbocycles. The van der Waals surface area contributed by atoms with Crippen LogP contribution in [0.2, 0.25) is 0 Å². The van der Waals surface area contributed by atoms with Gasteiger partial charge in [-0.25, -0.2) is 4.39 Å². The molecule has 1 heterocycles. The van der Waals surface area contributed by atoms with E-state index >= 15 is 0 Å². The zero-order valence-electron chi connectivity index (χ0n) is 10.1. The van der Waals surface area contributed by atoms with Gasteiger partial charge in [0, 0.05) is 10.0 Å². The molecule has 1 unspecified atom stereocenters. The quantitative estimate of drug-likeness (QED) is 0.914. The average molecular weight is 330 g/mol. The Morgan fingerprint density at radius 1 is 1.44 bits per heavy atom. The van der Waals surface area contributed by atoms with Gasteiger partial charge in [-0.05, 0) is 31.5 Å². The van der Waals surface area contributed by atoms with Gasteiger partial charge in [-0.2, -0.15) is 0 Å². The van der Waals surface area contributed by atoms with Gasteiger partial charge in [-0.15, -0.1) is 10.2 Å². The number of nitrogens with one attached hydrogen (secondary N) is 1. The molecule has 0 amide bonds. The molecule has 0 aliphatic rings. The van der Waals surface area contributed by atoms with E-state index in [9.17, 15) is 4.39 Å². The summed E-state index contributed by atoms with van der Waals surface area (Å²) >= 11 is 4.84. The van der Waals surface area contributed by atoms with Crippen LogP contribution in [-0.4, -0.2) is 10.2 Å². The van der Waals surface area contributed by atoms with Crippen LogP contribution in [0, 0.1) is 5.82 Å². The second-order valence-electron chi connectivity index (χ2n) is 3.89. The summed E-state index contributed by atoms with van der Waals surface area (Å²) in [7, 11) is 0. The van der Waals surface area contributed by atoms with Gasteiger partial charge in [0.1, 0.15) is 10.8 Å². The zero-order valence-corrected chi connectivity index (χ0v) is 12.5. The highest BCUT2D eigenvalue weighted by Crippen LogP contribution is 2.26. The fourth-order valence-corrected chi connectivity index (χ4v) is 2.71. The molecule has 0 saturated heterocycles. The number of benzene rings is 1. The van der Waals surface area contributed by atoms with Crippen LogP contribution in [0.3, 0.4) is 0 Å². The topological polar surface area (TPSA) is 37.8 Å². The van der Waals surface area contributed by atoms with E-state index < -0.39 is 0 Å². The molecule has 6 heteroatoms. The Labute approximate surface area is 118 Å². The van der Waals surface area contributed by atoms with Gasteiger partial charge in [-0.3, -0.25) is 0 Å². The van der Waals surface area contributed by atoms with Crippen molar-refractivity contribution in [3.05, 3.63) is 39.1 Å². The first kappa shape index (κ1) is 13.4. The predicted molar refractivity (Wildman–Crippen MR) is 75.4 cm³/mol. The highest BCUT2D eigenvalue weighted by Gasteiger charge is 2.13. The van der Waals surface area contributed by atoms with Crippen LogP contribution in [0.1, 0.15) is 30.5 Å². The Morgan fingerprint density at radius 3 is 2.89 bits per heavy atom. The molecule has 0 radical (unpaired) electrons. The van der Waals surface area contributed by atoms with Crippen LogP contribution in [0.4, 0.5) is 9.52 Å². The third kappa shape index (κ3) is 3.05. The fraction of sp³-hybridized carbons (Fsp3) is 0.333. The molecule has 96 valence electrons. The van der Waals surface area contributed by atoms with Crippen molar-refractivity contribution in [2.75, 3.05) is 5.32 Å². The first-order valence-electron chi connectivity index (χ1n) is 5.64. The van der Waals surface area contributed by atoms with Crippen LogP contribution in [-0.2, 0) is 6.42 Å². The third-order valence-corrected chi connectivity index (χ3v) is 4.03. The number of aromatic nitrogens is 2. The van der Waals surface area contributed by atoms with Crippen molar-refractivity contribution < 1.29 is 4.39 Å². The molecule has 3 nitrogen and oxygen atoms in total. The lowest BCUT2D eigenvalue weighted by Crippen LogP contribution is -2.08. The summed E-state index contributed by atoms with van der Waals surface area (Å²) in [6.07, 6.45) is 0.860. The average Bonchev–Trinajstić information content (AvgIpc) is 2.80. The summed E-state index contributed by atoms with van der Waals surface area (Å²) in [5.74, 6) is -0.224. The zero-order chi connectivity index (χ0) is 13.1. The predicted octanol–water partition coefficient (Wildman–Crippen LogP) is 4.18. The van der Waals surface area contributed by atoms with Crippen LogP contribution >= 0.6 is 27.3 Å². The first-order valence-corrected chi connectivity index (χ1v) is 7.25. The molecule has 0 aliphatic heterocycles. The van der Waals surface area contributed by atoms with Crippen molar-refractivity contribution in [1.29, 1.82) is 0 Å². The molecule has 2 rings (SSSR count). The third-order valence-electron chi connectivity index (χ3n) is 2.53. The van der Waals surface area contributed by atoms with E-state index in [1.165, 1.54) is 17.4 Å². The van der Waals surface area contributed by atoms with E-state index in [0.717, 1.165) is 21.0 Å². The number of hydrogen-bond donors (Lipinski definition) is 1. The lowest BCUT2D eigenvalue weighted by Gasteiger charge is -2.14. The second kappa shape index (κ2) is 5.75. The normalized spacial score (nSPS) is 12.4. The maximum Gasteiger partial charge on any atom is 0.206 e. The largest absolute Gasteiger partial charge is 0.353 e. The van der Waals surface area contributed by atoms with Crippen molar-refractivity contribution in [3.8, 4) is 0 Å². The molecular formula is C12H13BrFN3S. The summed E-state index contributed by atoms with van der Waals surface area (Å²) in [4.78, 5) is 0. The number of anilines is 1. The summed E-state index contributed by atoms with van der Waals surface area (Å²) in [5.41, 5.74) is 0.609. The van der Waals surface area contributed by atoms with Gasteiger partial charge >= 0.3 is 0 Å². The van der Waals surface area contributed by atoms with Crippen LogP contribution in [0.5, 0.6) is 0 Å². The Bertz CT molecular complexity index is 544. The van der Waals surface area contributed by atoms with Crippen LogP contribution in [0.15, 0.2) is 22.7 Å². The summed E-state index contributed by atoms with van der Waals surface area (Å²) in [6.45, 7) is 3.93. The Hall–Kier alpha value is -1.01. The van der Waals surface area contributed by atoms with E-state index in [-0.39, 0.29) is 11.9 Å². The molecule has 18 heavy (non-hydrogen) atoms. The first-order chi connectivity index (χ1) is 8.60. The minimum Gasteiger partial charge on any atom is -0.353 e. The molecule has 0 spiro atoms. The van der Waals surface area contributed by atoms with Gasteiger partial charge in [0.05, 0.1) is 6.04 Å². The highest BCUT2D eigenvalue weighted by molar-refractivity contribution is 9.10. The lowest BCUT2D eigenvalue weighted by molar-refractivity contribution is 0.599. The number of halogens is 2. The second-order valence-corrected chi connectivity index (χ2v) is 5.86. The molecule has 1 atom stereocenters. The monoisotopic (exact) mass is 329 g/mol. The Balaban J connectivity index is 2.16. The van der Waals surface area contributed by atoms with E-state index in [0.29, 0.717) is 5.56 Å². The molecule has 0 fully saturated rings. The minimum atomic E-state index is -0.224. The van der Waals surface area contributed by atoms with Crippen molar-refractivity contribution in [3.63, 3.8) is 0 Å². The molecule has 0 saturated carbocycles. The molecule has 1 aromatic carbocycles. The number of rotatable bonds is 4. The van der Waals surface area contributed by atoms with Crippen LogP contribution < -0.4 is 5.32 Å². The number of aryl methyl sites for hydroxylation is 1. The van der Waals surface area contributed by atoms with Gasteiger partial charge in [0.2, 0.25) is 5.13 Å². The van der Waals surface area contributed by atoms with E-state index in [1.54, 1.807) is 12.1 Å². The summed E-state index contributed by atoms with van der Waals surface area (Å²) in [6, 6.07) is 4.76. The van der Waals surface area contributed by atoms with Gasteiger partial charge in [-0.1, -0.05) is 34.2 Å². The molecule has 1 N–H and O–H groups in total. The standard InChI is InChI=1S/C12H13BrFN3S/c1-3-11-16-17-12(18-11)15-7(2)9-6-8(13)4-5-10(9)14/h4-7H,3H2,1-2H3,(H,15,17). The molecule has 1 aromatic heterocycles. The van der Waals surface area contributed by atoms with Crippen molar-refractivity contribution in [2.45, 2.75) is 26.3 Å². The SMILES string of the molecule is CCc1nnc(NC(C)c2cc(Br)ccc2F)s1. The summed E-state index contributed by atoms with van der Waals surface area (Å²) < 4.78 is 14.6. The molecule has 2 aromatic rings. The Kier molecular flexibility index (Phi) is 4.29. The van der Waals surface area contributed by atoms with Gasteiger partial charge in [0.15, 0.2) is 0 Å². The molecular weight excluding hydrogens is 317 g/mol. The smallest absolute Gasteiger partial charge is 0.206 e. The highest BCUT2D eigenvalue weighted by atomic mass is 79.9. The number of nitrogens with zero attached hydrogens (tertiary/aromatic N) is 2. The van der Waals surface area contributed by atoms with Gasteiger partial charge < -0.3 is 5.32 Å². The lowest BCUT2D eigenvalue weighted by atomic mass is 10.1. The van der Waals surface area contributed by atoms with Crippen molar-refractivity contribution in [1.82, 2.24) is 10.2 Å². The Morgan fingerprint density at radius 2 is 2.22 bits per heavy atom. The maximum atomic E-state index is 13.7. The minimum absolute atomic E-state index is 0.153. The van der Waals surface area contributed by atoms with E-state index in [1.807, 2.05) is 13.8 Å².